The molecular weight excluding hydrogens is 208 g/mol. The number of carboxylic acids is 1. The Bertz CT molecular complexity index is 97.8. The van der Waals surface area contributed by atoms with E-state index in [9.17, 15) is 4.79 Å². The molecule has 0 spiro atoms. The maximum Gasteiger partial charge on any atom is 1.00 e. The van der Waals surface area contributed by atoms with Crippen molar-refractivity contribution in [3.05, 3.63) is 0 Å². The molecule has 1 N–H and O–H groups in total. The van der Waals surface area contributed by atoms with Crippen molar-refractivity contribution < 1.29 is 71.9 Å². The Morgan fingerprint density at radius 1 is 1.33 bits per heavy atom. The molecule has 0 aliphatic rings. The molecule has 7 heteroatoms. The van der Waals surface area contributed by atoms with Gasteiger partial charge in [-0.25, -0.2) is 4.79 Å². The number of rotatable bonds is 0. The summed E-state index contributed by atoms with van der Waals surface area (Å²) in [5, 5.41) is 7.85. The Hall–Kier alpha value is 2.34. The van der Waals surface area contributed by atoms with E-state index in [0.717, 1.165) is 0 Å². The van der Waals surface area contributed by atoms with E-state index in [1.165, 1.54) is 0 Å². The quantitative estimate of drug-likeness (QED) is 0.325. The Labute approximate surface area is 115 Å². The van der Waals surface area contributed by atoms with Gasteiger partial charge in [0.25, 0.3) is 3.79 Å². The van der Waals surface area contributed by atoms with Crippen LogP contribution in [0.15, 0.2) is 0 Å². The molecule has 0 aliphatic carbocycles. The van der Waals surface area contributed by atoms with Crippen LogP contribution in [0.4, 0.5) is 0 Å². The second kappa shape index (κ2) is 7.01. The van der Waals surface area contributed by atoms with Crippen LogP contribution in [-0.4, -0.2) is 14.9 Å². The monoisotopic (exact) mass is 210 g/mol. The summed E-state index contributed by atoms with van der Waals surface area (Å²) in [4.78, 5) is 9.62. The summed E-state index contributed by atoms with van der Waals surface area (Å²) in [5.74, 6) is -1.46. The van der Waals surface area contributed by atoms with Crippen molar-refractivity contribution in [2.75, 3.05) is 0 Å². The van der Waals surface area contributed by atoms with Crippen molar-refractivity contribution in [1.82, 2.24) is 0 Å². The minimum Gasteiger partial charge on any atom is -1.00 e. The van der Waals surface area contributed by atoms with Crippen LogP contribution in [0.5, 0.6) is 0 Å². The predicted octanol–water partition coefficient (Wildman–Crippen LogP) is -4.33. The Balaban J connectivity index is -0.0000000300. The van der Waals surface area contributed by atoms with Crippen LogP contribution in [-0.2, 0) is 4.79 Å². The van der Waals surface area contributed by atoms with Gasteiger partial charge < -0.3 is 7.96 Å². The third kappa shape index (κ3) is 10.3. The van der Waals surface area contributed by atoms with Crippen LogP contribution in [0.25, 0.3) is 0 Å². The third-order valence-corrected chi connectivity index (χ3v) is 0.728. The molecule has 0 amide bonds. The van der Waals surface area contributed by atoms with Gasteiger partial charge in [-0.15, -0.1) is 0 Å². The summed E-state index contributed by atoms with van der Waals surface area (Å²) < 4.78 is -2.17. The summed E-state index contributed by atoms with van der Waals surface area (Å²) >= 11 is 14.4. The number of alkyl halides is 3. The van der Waals surface area contributed by atoms with Crippen molar-refractivity contribution >= 4 is 40.8 Å². The van der Waals surface area contributed by atoms with Gasteiger partial charge in [-0.3, -0.25) is 0 Å². The largest absolute Gasteiger partial charge is 1.00 e. The van der Waals surface area contributed by atoms with Crippen molar-refractivity contribution in [3.63, 3.8) is 0 Å². The summed E-state index contributed by atoms with van der Waals surface area (Å²) in [7, 11) is 0. The number of hydrogen-bond donors (Lipinski definition) is 1. The molecule has 0 radical (unpaired) electrons. The van der Waals surface area contributed by atoms with Crippen LogP contribution in [0, 0.1) is 0 Å². The SMILES string of the molecule is O=C(O)C(Cl)(Cl)Cl.[H-].[H-].[Na+].[Na+]. The summed E-state index contributed by atoms with van der Waals surface area (Å²) in [6.07, 6.45) is 0. The van der Waals surface area contributed by atoms with Crippen LogP contribution in [0.3, 0.4) is 0 Å². The van der Waals surface area contributed by atoms with Crippen molar-refractivity contribution in [2.24, 2.45) is 0 Å². The van der Waals surface area contributed by atoms with Gasteiger partial charge in [0, 0.05) is 0 Å². The average molecular weight is 211 g/mol. The maximum atomic E-state index is 9.62. The molecule has 0 saturated carbocycles. The molecule has 0 aromatic heterocycles. The maximum absolute atomic E-state index is 9.62. The van der Waals surface area contributed by atoms with E-state index in [0.29, 0.717) is 0 Å². The van der Waals surface area contributed by atoms with E-state index in [1.807, 2.05) is 0 Å². The molecule has 0 rings (SSSR count). The van der Waals surface area contributed by atoms with Gasteiger partial charge in [0.1, 0.15) is 0 Å². The van der Waals surface area contributed by atoms with Crippen molar-refractivity contribution in [3.8, 4) is 0 Å². The third-order valence-electron chi connectivity index (χ3n) is 0.243. The second-order valence-corrected chi connectivity index (χ2v) is 3.08. The molecule has 0 aromatic rings. The van der Waals surface area contributed by atoms with E-state index in [1.54, 1.807) is 0 Å². The standard InChI is InChI=1S/C2HCl3O2.2Na.2H/c3-2(4,5)1(6)7;;;;/h(H,6,7);;;;/q;2*+1;2*-1. The van der Waals surface area contributed by atoms with Gasteiger partial charge in [-0.05, 0) is 0 Å². The number of aliphatic carboxylic acids is 1. The van der Waals surface area contributed by atoms with Gasteiger partial charge in [0.15, 0.2) is 0 Å². The van der Waals surface area contributed by atoms with Crippen LogP contribution in [0.2, 0.25) is 0 Å². The number of halogens is 3. The molecule has 0 fully saturated rings. The fraction of sp³-hybridized carbons (Fsp3) is 0.500. The first kappa shape index (κ1) is 17.4. The number of carboxylic acid groups (broad SMARTS) is 1. The van der Waals surface area contributed by atoms with Crippen molar-refractivity contribution in [1.29, 1.82) is 0 Å². The second-order valence-electron chi connectivity index (χ2n) is 0.803. The summed E-state index contributed by atoms with van der Waals surface area (Å²) in [5.41, 5.74) is 0. The van der Waals surface area contributed by atoms with Crippen LogP contribution in [0.1, 0.15) is 2.85 Å². The zero-order valence-electron chi connectivity index (χ0n) is 6.99. The predicted molar refractivity (Wildman–Crippen MR) is 30.1 cm³/mol. The van der Waals surface area contributed by atoms with Gasteiger partial charge in [0.05, 0.1) is 0 Å². The zero-order valence-corrected chi connectivity index (χ0v) is 11.3. The fourth-order valence-corrected chi connectivity index (χ4v) is 0. The van der Waals surface area contributed by atoms with Crippen LogP contribution < -0.4 is 59.1 Å². The summed E-state index contributed by atoms with van der Waals surface area (Å²) in [6.45, 7) is 0. The molecular formula is C2H3Cl3Na2O2. The van der Waals surface area contributed by atoms with Gasteiger partial charge in [-0.1, -0.05) is 34.8 Å². The van der Waals surface area contributed by atoms with Crippen molar-refractivity contribution in [2.45, 2.75) is 3.79 Å². The zero-order chi connectivity index (χ0) is 6.08. The van der Waals surface area contributed by atoms with E-state index >= 15 is 0 Å². The van der Waals surface area contributed by atoms with E-state index in [2.05, 4.69) is 0 Å². The minimum atomic E-state index is -2.17. The van der Waals surface area contributed by atoms with Gasteiger partial charge >= 0.3 is 65.1 Å². The van der Waals surface area contributed by atoms with Gasteiger partial charge in [0.2, 0.25) is 0 Å². The van der Waals surface area contributed by atoms with Gasteiger partial charge in [-0.2, -0.15) is 0 Å². The Kier molecular flexibility index (Phi) is 13.6. The molecule has 0 unspecified atom stereocenters. The van der Waals surface area contributed by atoms with E-state index < -0.39 is 9.76 Å². The number of carbonyl (C=O) groups is 1. The Morgan fingerprint density at radius 2 is 1.44 bits per heavy atom. The molecule has 9 heavy (non-hydrogen) atoms. The first-order valence-electron chi connectivity index (χ1n) is 1.24. The molecule has 46 valence electrons. The molecule has 0 bridgehead atoms. The summed E-state index contributed by atoms with van der Waals surface area (Å²) in [6, 6.07) is 0. The van der Waals surface area contributed by atoms with E-state index in [-0.39, 0.29) is 62.0 Å². The fourth-order valence-electron chi connectivity index (χ4n) is 0. The average Bonchev–Trinajstić information content (AvgIpc) is 1.31. The minimum absolute atomic E-state index is 0. The molecule has 2 nitrogen and oxygen atoms in total. The van der Waals surface area contributed by atoms with Crippen LogP contribution >= 0.6 is 34.8 Å². The number of hydrogen-bond acceptors (Lipinski definition) is 1. The molecule has 0 atom stereocenters. The molecule has 0 saturated heterocycles. The Morgan fingerprint density at radius 3 is 1.44 bits per heavy atom. The molecule has 0 heterocycles. The topological polar surface area (TPSA) is 37.3 Å². The first-order valence-corrected chi connectivity index (χ1v) is 2.38. The first-order chi connectivity index (χ1) is 2.94. The smallest absolute Gasteiger partial charge is 1.00 e. The molecule has 0 aromatic carbocycles. The van der Waals surface area contributed by atoms with E-state index in [4.69, 9.17) is 39.9 Å². The molecule has 0 aliphatic heterocycles. The normalized spacial score (nSPS) is 8.78.